The number of hydrogen-bond donors (Lipinski definition) is 1. The fourth-order valence-electron chi connectivity index (χ4n) is 3.01. The van der Waals surface area contributed by atoms with Crippen molar-refractivity contribution < 1.29 is 19.4 Å². The Bertz CT molecular complexity index is 520. The van der Waals surface area contributed by atoms with Crippen LogP contribution in [0.3, 0.4) is 0 Å². The monoisotopic (exact) mass is 282 g/mol. The van der Waals surface area contributed by atoms with Crippen LogP contribution in [0.1, 0.15) is 31.2 Å². The van der Waals surface area contributed by atoms with Gasteiger partial charge in [0.2, 0.25) is 0 Å². The van der Waals surface area contributed by atoms with Crippen LogP contribution in [-0.2, 0) is 10.2 Å². The Labute approximate surface area is 116 Å². The van der Waals surface area contributed by atoms with Gasteiger partial charge in [0.1, 0.15) is 13.2 Å². The van der Waals surface area contributed by atoms with E-state index >= 15 is 0 Å². The van der Waals surface area contributed by atoms with Crippen molar-refractivity contribution in [1.82, 2.24) is 0 Å². The molecule has 1 heterocycles. The van der Waals surface area contributed by atoms with Crippen molar-refractivity contribution in [2.45, 2.75) is 31.1 Å². The number of ether oxygens (including phenoxy) is 2. The maximum Gasteiger partial charge on any atom is 0.314 e. The van der Waals surface area contributed by atoms with Crippen molar-refractivity contribution in [2.24, 2.45) is 0 Å². The van der Waals surface area contributed by atoms with Gasteiger partial charge in [0.05, 0.1) is 5.41 Å². The smallest absolute Gasteiger partial charge is 0.314 e. The van der Waals surface area contributed by atoms with Crippen LogP contribution in [0, 0.1) is 0 Å². The first kappa shape index (κ1) is 12.6. The number of carboxylic acids is 1. The van der Waals surface area contributed by atoms with Crippen LogP contribution < -0.4 is 9.47 Å². The molecule has 3 rings (SSSR count). The van der Waals surface area contributed by atoms with Gasteiger partial charge in [0.25, 0.3) is 0 Å². The SMILES string of the molecule is O=C(O)C1(c2cc3c(cc2Cl)OCCO3)CCCC1. The summed E-state index contributed by atoms with van der Waals surface area (Å²) in [5.41, 5.74) is -0.212. The molecule has 0 unspecified atom stereocenters. The molecule has 0 radical (unpaired) electrons. The normalized spacial score (nSPS) is 20.3. The second-order valence-electron chi connectivity index (χ2n) is 5.07. The first-order chi connectivity index (χ1) is 9.13. The van der Waals surface area contributed by atoms with Gasteiger partial charge in [0.15, 0.2) is 11.5 Å². The molecule has 5 heteroatoms. The average Bonchev–Trinajstić information content (AvgIpc) is 2.88. The summed E-state index contributed by atoms with van der Waals surface area (Å²) < 4.78 is 11.0. The zero-order valence-electron chi connectivity index (χ0n) is 10.4. The van der Waals surface area contributed by atoms with Gasteiger partial charge in [-0.2, -0.15) is 0 Å². The Hall–Kier alpha value is -1.42. The molecule has 102 valence electrons. The van der Waals surface area contributed by atoms with Gasteiger partial charge in [-0.05, 0) is 24.5 Å². The van der Waals surface area contributed by atoms with E-state index in [0.29, 0.717) is 48.1 Å². The van der Waals surface area contributed by atoms with Crippen LogP contribution in [0.2, 0.25) is 5.02 Å². The highest BCUT2D eigenvalue weighted by molar-refractivity contribution is 6.32. The van der Waals surface area contributed by atoms with E-state index in [1.165, 1.54) is 0 Å². The Balaban J connectivity index is 2.11. The number of aliphatic carboxylic acids is 1. The molecule has 1 aliphatic carbocycles. The highest BCUT2D eigenvalue weighted by Gasteiger charge is 2.44. The minimum Gasteiger partial charge on any atom is -0.486 e. The largest absolute Gasteiger partial charge is 0.486 e. The van der Waals surface area contributed by atoms with Gasteiger partial charge >= 0.3 is 5.97 Å². The minimum atomic E-state index is -0.868. The number of benzene rings is 1. The third kappa shape index (κ3) is 1.94. The lowest BCUT2D eigenvalue weighted by atomic mass is 9.78. The Morgan fingerprint density at radius 3 is 2.32 bits per heavy atom. The van der Waals surface area contributed by atoms with Crippen LogP contribution in [0.4, 0.5) is 0 Å². The first-order valence-electron chi connectivity index (χ1n) is 6.46. The van der Waals surface area contributed by atoms with Crippen LogP contribution in [0.5, 0.6) is 11.5 Å². The standard InChI is InChI=1S/C14H15ClO4/c15-10-8-12-11(18-5-6-19-12)7-9(10)14(13(16)17)3-1-2-4-14/h7-8H,1-6H2,(H,16,17). The van der Waals surface area contributed by atoms with Crippen LogP contribution in [0.15, 0.2) is 12.1 Å². The maximum absolute atomic E-state index is 11.7. The number of hydrogen-bond acceptors (Lipinski definition) is 3. The van der Waals surface area contributed by atoms with Crippen LogP contribution >= 0.6 is 11.6 Å². The lowest BCUT2D eigenvalue weighted by Crippen LogP contribution is -2.33. The molecular weight excluding hydrogens is 268 g/mol. The fourth-order valence-corrected chi connectivity index (χ4v) is 3.34. The molecule has 2 aliphatic rings. The minimum absolute atomic E-state index is 0.452. The number of rotatable bonds is 2. The number of carbonyl (C=O) groups is 1. The maximum atomic E-state index is 11.7. The number of fused-ring (bicyclic) bond motifs is 1. The van der Waals surface area contributed by atoms with Crippen LogP contribution in [-0.4, -0.2) is 24.3 Å². The fraction of sp³-hybridized carbons (Fsp3) is 0.500. The van der Waals surface area contributed by atoms with E-state index in [4.69, 9.17) is 21.1 Å². The molecule has 1 saturated carbocycles. The molecule has 4 nitrogen and oxygen atoms in total. The predicted molar refractivity (Wildman–Crippen MR) is 70.2 cm³/mol. The molecule has 0 amide bonds. The third-order valence-corrected chi connectivity index (χ3v) is 4.33. The summed E-state index contributed by atoms with van der Waals surface area (Å²) in [5.74, 6) is 0.389. The summed E-state index contributed by atoms with van der Waals surface area (Å²) in [6.07, 6.45) is 3.08. The lowest BCUT2D eigenvalue weighted by molar-refractivity contribution is -0.143. The van der Waals surface area contributed by atoms with Crippen molar-refractivity contribution in [1.29, 1.82) is 0 Å². The molecule has 1 aromatic carbocycles. The molecule has 1 N–H and O–H groups in total. The number of carboxylic acid groups (broad SMARTS) is 1. The van der Waals surface area contributed by atoms with E-state index in [0.717, 1.165) is 12.8 Å². The molecule has 19 heavy (non-hydrogen) atoms. The van der Waals surface area contributed by atoms with Crippen molar-refractivity contribution in [3.63, 3.8) is 0 Å². The van der Waals surface area contributed by atoms with E-state index in [9.17, 15) is 9.90 Å². The van der Waals surface area contributed by atoms with Gasteiger partial charge < -0.3 is 14.6 Å². The van der Waals surface area contributed by atoms with Gasteiger partial charge in [-0.1, -0.05) is 24.4 Å². The molecule has 0 saturated heterocycles. The predicted octanol–water partition coefficient (Wildman–Crippen LogP) is 3.01. The topological polar surface area (TPSA) is 55.8 Å². The molecule has 0 atom stereocenters. The second kappa shape index (κ2) is 4.60. The van der Waals surface area contributed by atoms with Gasteiger partial charge in [0, 0.05) is 11.1 Å². The van der Waals surface area contributed by atoms with Gasteiger partial charge in [-0.25, -0.2) is 0 Å². The van der Waals surface area contributed by atoms with Gasteiger partial charge in [-0.15, -0.1) is 0 Å². The summed E-state index contributed by atoms with van der Waals surface area (Å²) in [6, 6.07) is 3.42. The summed E-state index contributed by atoms with van der Waals surface area (Å²) in [6.45, 7) is 0.973. The quantitative estimate of drug-likeness (QED) is 0.906. The zero-order valence-corrected chi connectivity index (χ0v) is 11.2. The molecular formula is C14H15ClO4. The summed E-state index contributed by atoms with van der Waals surface area (Å²) in [7, 11) is 0. The molecule has 1 aliphatic heterocycles. The molecule has 1 aromatic rings. The Morgan fingerprint density at radius 2 is 1.74 bits per heavy atom. The Kier molecular flexibility index (Phi) is 3.05. The molecule has 0 spiro atoms. The van der Waals surface area contributed by atoms with E-state index in [2.05, 4.69) is 0 Å². The highest BCUT2D eigenvalue weighted by atomic mass is 35.5. The van der Waals surface area contributed by atoms with E-state index in [1.807, 2.05) is 0 Å². The van der Waals surface area contributed by atoms with E-state index in [-0.39, 0.29) is 0 Å². The Morgan fingerprint density at radius 1 is 1.16 bits per heavy atom. The highest BCUT2D eigenvalue weighted by Crippen LogP contribution is 2.47. The van der Waals surface area contributed by atoms with Crippen molar-refractivity contribution in [3.05, 3.63) is 22.7 Å². The van der Waals surface area contributed by atoms with Gasteiger partial charge in [-0.3, -0.25) is 4.79 Å². The number of halogens is 1. The third-order valence-electron chi connectivity index (χ3n) is 4.01. The second-order valence-corrected chi connectivity index (χ2v) is 5.48. The lowest BCUT2D eigenvalue weighted by Gasteiger charge is -2.28. The summed E-state index contributed by atoms with van der Waals surface area (Å²) >= 11 is 6.28. The summed E-state index contributed by atoms with van der Waals surface area (Å²) in [4.78, 5) is 11.7. The first-order valence-corrected chi connectivity index (χ1v) is 6.84. The van der Waals surface area contributed by atoms with E-state index < -0.39 is 11.4 Å². The summed E-state index contributed by atoms with van der Waals surface area (Å²) in [5, 5.41) is 10.1. The van der Waals surface area contributed by atoms with E-state index in [1.54, 1.807) is 12.1 Å². The van der Waals surface area contributed by atoms with Crippen molar-refractivity contribution >= 4 is 17.6 Å². The van der Waals surface area contributed by atoms with Crippen molar-refractivity contribution in [2.75, 3.05) is 13.2 Å². The average molecular weight is 283 g/mol. The molecule has 0 bridgehead atoms. The zero-order chi connectivity index (χ0) is 13.5. The molecule has 0 aromatic heterocycles. The van der Waals surface area contributed by atoms with Crippen LogP contribution in [0.25, 0.3) is 0 Å². The van der Waals surface area contributed by atoms with Crippen molar-refractivity contribution in [3.8, 4) is 11.5 Å². The molecule has 1 fully saturated rings.